The molecule has 0 aliphatic carbocycles. The van der Waals surface area contributed by atoms with Crippen LogP contribution in [0.1, 0.15) is 21.8 Å². The van der Waals surface area contributed by atoms with E-state index in [1.807, 2.05) is 12.1 Å². The molecular weight excluding hydrogens is 717 g/mol. The van der Waals surface area contributed by atoms with Gasteiger partial charge in [-0.3, -0.25) is 14.4 Å². The molecule has 0 bridgehead atoms. The highest BCUT2D eigenvalue weighted by Gasteiger charge is 2.45. The van der Waals surface area contributed by atoms with Crippen LogP contribution >= 0.6 is 62.1 Å². The minimum Gasteiger partial charge on any atom is -0.497 e. The maximum absolute atomic E-state index is 15.5. The third-order valence-corrected chi connectivity index (χ3v) is 9.29. The van der Waals surface area contributed by atoms with Crippen molar-refractivity contribution in [3.63, 3.8) is 0 Å². The summed E-state index contributed by atoms with van der Waals surface area (Å²) < 4.78 is 28.3. The van der Waals surface area contributed by atoms with E-state index in [1.165, 1.54) is 22.6 Å². The Morgan fingerprint density at radius 1 is 1.20 bits per heavy atom. The van der Waals surface area contributed by atoms with Crippen LogP contribution in [0.25, 0.3) is 0 Å². The summed E-state index contributed by atoms with van der Waals surface area (Å²) >= 11 is 3.68. The number of amides is 2. The summed E-state index contributed by atoms with van der Waals surface area (Å²) in [6.45, 7) is 0.609. The molecule has 3 aromatic rings. The van der Waals surface area contributed by atoms with E-state index in [1.54, 1.807) is 49.3 Å². The minimum absolute atomic E-state index is 0.00661. The van der Waals surface area contributed by atoms with Crippen molar-refractivity contribution in [2.24, 2.45) is 0 Å². The lowest BCUT2D eigenvalue weighted by molar-refractivity contribution is -0.118. The molecule has 218 valence electrons. The van der Waals surface area contributed by atoms with E-state index in [9.17, 15) is 14.4 Å². The van der Waals surface area contributed by atoms with Gasteiger partial charge in [0.05, 0.1) is 13.7 Å². The first-order valence-corrected chi connectivity index (χ1v) is 16.3. The molecule has 2 heterocycles. The second-order valence-corrected chi connectivity index (χ2v) is 15.6. The normalized spacial score (nSPS) is 16.9. The smallest absolute Gasteiger partial charge is 0.274 e. The zero-order valence-corrected chi connectivity index (χ0v) is 28.7. The highest BCUT2D eigenvalue weighted by atomic mass is 127. The number of aromatic nitrogens is 1. The largest absolute Gasteiger partial charge is 0.497 e. The molecular formula is C27H30FIN3O5P3S. The average Bonchev–Trinajstić information content (AvgIpc) is 3.23. The fourth-order valence-corrected chi connectivity index (χ4v) is 7.39. The molecule has 41 heavy (non-hydrogen) atoms. The summed E-state index contributed by atoms with van der Waals surface area (Å²) in [4.78, 5) is 43.0. The lowest BCUT2D eigenvalue weighted by Gasteiger charge is -2.21. The molecule has 14 heteroatoms. The Bertz CT molecular complexity index is 1490. The van der Waals surface area contributed by atoms with Crippen LogP contribution in [0.4, 0.5) is 10.1 Å². The van der Waals surface area contributed by atoms with Gasteiger partial charge in [-0.25, -0.2) is 4.39 Å². The van der Waals surface area contributed by atoms with Gasteiger partial charge in [-0.2, -0.15) is 0 Å². The predicted molar refractivity (Wildman–Crippen MR) is 179 cm³/mol. The van der Waals surface area contributed by atoms with Crippen molar-refractivity contribution in [2.75, 3.05) is 32.3 Å². The van der Waals surface area contributed by atoms with Gasteiger partial charge in [0.2, 0.25) is 5.91 Å². The van der Waals surface area contributed by atoms with Crippen LogP contribution in [-0.4, -0.2) is 54.5 Å². The first-order valence-electron chi connectivity index (χ1n) is 12.5. The van der Waals surface area contributed by atoms with E-state index in [0.717, 1.165) is 8.47 Å². The lowest BCUT2D eigenvalue weighted by Crippen LogP contribution is -2.45. The first kappa shape index (κ1) is 32.3. The number of hydrogen-bond donors (Lipinski definition) is 1. The van der Waals surface area contributed by atoms with Crippen LogP contribution < -0.4 is 25.8 Å². The first-order chi connectivity index (χ1) is 19.5. The number of nitrogens with one attached hydrogen (secondary N) is 1. The Balaban J connectivity index is 1.74. The Morgan fingerprint density at radius 3 is 2.51 bits per heavy atom. The van der Waals surface area contributed by atoms with E-state index in [0.29, 0.717) is 29.8 Å². The van der Waals surface area contributed by atoms with E-state index in [4.69, 9.17) is 9.47 Å². The number of thioether (sulfide) groups is 1. The van der Waals surface area contributed by atoms with Gasteiger partial charge in [0.25, 0.3) is 11.5 Å². The van der Waals surface area contributed by atoms with Crippen molar-refractivity contribution in [1.29, 1.82) is 0 Å². The van der Waals surface area contributed by atoms with Crippen LogP contribution in [0.3, 0.4) is 0 Å². The maximum atomic E-state index is 15.5. The molecule has 1 aliphatic rings. The number of pyridine rings is 1. The van der Waals surface area contributed by atoms with Gasteiger partial charge in [-0.05, 0) is 64.3 Å². The number of rotatable bonds is 10. The van der Waals surface area contributed by atoms with Crippen molar-refractivity contribution < 1.29 is 23.5 Å². The summed E-state index contributed by atoms with van der Waals surface area (Å²) in [5.41, 5.74) is 0.393. The molecule has 2 amide bonds. The summed E-state index contributed by atoms with van der Waals surface area (Å²) in [5, 5.41) is 3.33. The molecule has 1 N–H and O–H groups in total. The number of benzene rings is 2. The minimum atomic E-state index is -1.12. The molecule has 0 saturated carbocycles. The van der Waals surface area contributed by atoms with Gasteiger partial charge < -0.3 is 24.3 Å². The monoisotopic (exact) mass is 747 g/mol. The van der Waals surface area contributed by atoms with Crippen molar-refractivity contribution in [3.8, 4) is 5.75 Å². The predicted octanol–water partition coefficient (Wildman–Crippen LogP) is 3.80. The molecule has 5 atom stereocenters. The molecule has 1 aliphatic heterocycles. The number of carbonyl (C=O) groups is 2. The van der Waals surface area contributed by atoms with Crippen molar-refractivity contribution in [2.45, 2.75) is 28.1 Å². The van der Waals surface area contributed by atoms with E-state index in [2.05, 4.69) is 55.6 Å². The Hall–Kier alpha value is -1.61. The van der Waals surface area contributed by atoms with E-state index >= 15 is 4.39 Å². The van der Waals surface area contributed by atoms with Crippen molar-refractivity contribution in [3.05, 3.63) is 79.5 Å². The van der Waals surface area contributed by atoms with Gasteiger partial charge in [0.1, 0.15) is 23.3 Å². The highest BCUT2D eigenvalue weighted by molar-refractivity contribution is 14.1. The third kappa shape index (κ3) is 7.49. The number of methoxy groups -OCH3 is 2. The summed E-state index contributed by atoms with van der Waals surface area (Å²) in [6.07, 6.45) is 1.69. The van der Waals surface area contributed by atoms with E-state index in [-0.39, 0.29) is 28.1 Å². The molecule has 3 unspecified atom stereocenters. The van der Waals surface area contributed by atoms with Crippen LogP contribution in [0.2, 0.25) is 0 Å². The fourth-order valence-electron chi connectivity index (χ4n) is 4.69. The van der Waals surface area contributed by atoms with Gasteiger partial charge in [-0.15, -0.1) is 39.5 Å². The van der Waals surface area contributed by atoms with Gasteiger partial charge in [0.15, 0.2) is 0 Å². The second kappa shape index (κ2) is 14.2. The molecule has 1 saturated heterocycles. The molecule has 2 aromatic carbocycles. The van der Waals surface area contributed by atoms with Crippen LogP contribution in [0.5, 0.6) is 5.75 Å². The quantitative estimate of drug-likeness (QED) is 0.193. The zero-order valence-electron chi connectivity index (χ0n) is 22.3. The Morgan fingerprint density at radius 2 is 1.90 bits per heavy atom. The SMILES string of the molecule is COCCn1cc(I)cc(N2C[C@@H](c3c(F)cc(OC)cc3P)[C@H](NC(=O)c3ccc(SC(P)P)cc3)C2=O)c1=O. The van der Waals surface area contributed by atoms with Crippen LogP contribution in [-0.2, 0) is 16.1 Å². The van der Waals surface area contributed by atoms with Gasteiger partial charge >= 0.3 is 0 Å². The molecule has 0 radical (unpaired) electrons. The number of nitrogens with zero attached hydrogens (tertiary/aromatic N) is 2. The summed E-state index contributed by atoms with van der Waals surface area (Å²) in [5.74, 6) is -1.99. The number of halogens is 2. The maximum Gasteiger partial charge on any atom is 0.274 e. The van der Waals surface area contributed by atoms with Crippen LogP contribution in [0.15, 0.2) is 58.4 Å². The van der Waals surface area contributed by atoms with Crippen molar-refractivity contribution >= 4 is 84.9 Å². The van der Waals surface area contributed by atoms with Crippen molar-refractivity contribution in [1.82, 2.24) is 9.88 Å². The Labute approximate surface area is 262 Å². The highest BCUT2D eigenvalue weighted by Crippen LogP contribution is 2.35. The number of hydrogen-bond acceptors (Lipinski definition) is 6. The zero-order chi connectivity index (χ0) is 29.8. The van der Waals surface area contributed by atoms with E-state index < -0.39 is 29.6 Å². The van der Waals surface area contributed by atoms with Crippen LogP contribution in [0, 0.1) is 9.39 Å². The molecule has 0 spiro atoms. The number of ether oxygens (including phenoxy) is 2. The standard InChI is InChI=1S/C27H30FIN3O5P3S/c1-36-8-7-31-12-15(29)9-20(25(31)34)32-13-18(22-19(28)10-16(37-2)11-21(22)38)23(26(32)35)30-24(33)14-3-5-17(6-4-14)41-27(39)40/h3-6,9-12,18,23,27H,7-8,13,38-40H2,1-2H3,(H,30,33)/t18-,23-/m0/s1. The number of carbonyl (C=O) groups excluding carboxylic acids is 2. The number of anilines is 1. The summed E-state index contributed by atoms with van der Waals surface area (Å²) in [7, 11) is 10.8. The topological polar surface area (TPSA) is 89.9 Å². The molecule has 1 fully saturated rings. The van der Waals surface area contributed by atoms with Gasteiger partial charge in [-0.1, -0.05) is 0 Å². The molecule has 1 aromatic heterocycles. The third-order valence-electron chi connectivity index (χ3n) is 6.59. The second-order valence-electron chi connectivity index (χ2n) is 9.26. The average molecular weight is 747 g/mol. The Kier molecular flexibility index (Phi) is 11.2. The van der Waals surface area contributed by atoms with Gasteiger partial charge in [0, 0.05) is 62.7 Å². The fraction of sp³-hybridized carbons (Fsp3) is 0.296. The molecule has 8 nitrogen and oxygen atoms in total. The lowest BCUT2D eigenvalue weighted by atomic mass is 9.93. The molecule has 4 rings (SSSR count). The summed E-state index contributed by atoms with van der Waals surface area (Å²) in [6, 6.07) is 10.4.